The molecule has 3 rings (SSSR count). The van der Waals surface area contributed by atoms with Crippen LogP contribution in [0, 0.1) is 0 Å². The van der Waals surface area contributed by atoms with E-state index in [1.54, 1.807) is 34.1 Å². The lowest BCUT2D eigenvalue weighted by atomic mass is 10.1. The molecule has 1 aliphatic heterocycles. The number of nitrogens with one attached hydrogen (secondary N) is 1. The second kappa shape index (κ2) is 7.69. The van der Waals surface area contributed by atoms with E-state index in [0.29, 0.717) is 31.9 Å². The summed E-state index contributed by atoms with van der Waals surface area (Å²) in [5.41, 5.74) is 0.871. The summed E-state index contributed by atoms with van der Waals surface area (Å²) in [6.07, 6.45) is 0. The van der Waals surface area contributed by atoms with Crippen LogP contribution < -0.4 is 5.32 Å². The standard InChI is InChI=1S/C19H19N3O4/c23-17(15-8-4-5-9-16(15)18(24)25)21-10-12-22(13-11-21)19(26)20-14-6-2-1-3-7-14/h1-9H,10-13H2,(H,20,26)(H,24,25). The first-order chi connectivity index (χ1) is 12.6. The molecule has 0 spiro atoms. The molecule has 0 saturated carbocycles. The summed E-state index contributed by atoms with van der Waals surface area (Å²) in [7, 11) is 0. The first kappa shape index (κ1) is 17.5. The van der Waals surface area contributed by atoms with Gasteiger partial charge in [0.25, 0.3) is 5.91 Å². The van der Waals surface area contributed by atoms with Gasteiger partial charge in [0.2, 0.25) is 0 Å². The zero-order valence-corrected chi connectivity index (χ0v) is 14.1. The average Bonchev–Trinajstić information content (AvgIpc) is 2.68. The number of urea groups is 1. The summed E-state index contributed by atoms with van der Waals surface area (Å²) >= 11 is 0. The Labute approximate surface area is 150 Å². The van der Waals surface area contributed by atoms with E-state index in [0.717, 1.165) is 0 Å². The fraction of sp³-hybridized carbons (Fsp3) is 0.211. The number of para-hydroxylation sites is 1. The largest absolute Gasteiger partial charge is 0.478 e. The molecule has 0 aromatic heterocycles. The van der Waals surface area contributed by atoms with Crippen LogP contribution in [0.3, 0.4) is 0 Å². The molecule has 1 heterocycles. The average molecular weight is 353 g/mol. The topological polar surface area (TPSA) is 90.0 Å². The number of hydrogen-bond acceptors (Lipinski definition) is 3. The van der Waals surface area contributed by atoms with Crippen LogP contribution in [-0.2, 0) is 0 Å². The van der Waals surface area contributed by atoms with Gasteiger partial charge < -0.3 is 20.2 Å². The van der Waals surface area contributed by atoms with Crippen LogP contribution in [-0.4, -0.2) is 59.0 Å². The fourth-order valence-corrected chi connectivity index (χ4v) is 2.86. The number of carbonyl (C=O) groups excluding carboxylic acids is 2. The first-order valence-corrected chi connectivity index (χ1v) is 8.29. The highest BCUT2D eigenvalue weighted by atomic mass is 16.4. The number of piperazine rings is 1. The number of carboxylic acids is 1. The molecule has 0 unspecified atom stereocenters. The third-order valence-corrected chi connectivity index (χ3v) is 4.27. The maximum absolute atomic E-state index is 12.6. The van der Waals surface area contributed by atoms with Gasteiger partial charge >= 0.3 is 12.0 Å². The molecule has 26 heavy (non-hydrogen) atoms. The lowest BCUT2D eigenvalue weighted by Gasteiger charge is -2.35. The maximum Gasteiger partial charge on any atom is 0.336 e. The molecule has 7 heteroatoms. The van der Waals surface area contributed by atoms with Gasteiger partial charge in [0, 0.05) is 31.9 Å². The third-order valence-electron chi connectivity index (χ3n) is 4.27. The van der Waals surface area contributed by atoms with Crippen molar-refractivity contribution in [2.24, 2.45) is 0 Å². The van der Waals surface area contributed by atoms with Gasteiger partial charge in [-0.1, -0.05) is 30.3 Å². The monoisotopic (exact) mass is 353 g/mol. The van der Waals surface area contributed by atoms with Crippen LogP contribution in [0.5, 0.6) is 0 Å². The second-order valence-electron chi connectivity index (χ2n) is 5.93. The second-order valence-corrected chi connectivity index (χ2v) is 5.93. The summed E-state index contributed by atoms with van der Waals surface area (Å²) in [6, 6.07) is 15.1. The maximum atomic E-state index is 12.6. The van der Waals surface area contributed by atoms with Crippen molar-refractivity contribution >= 4 is 23.6 Å². The molecule has 134 valence electrons. The van der Waals surface area contributed by atoms with Gasteiger partial charge in [-0.05, 0) is 24.3 Å². The summed E-state index contributed by atoms with van der Waals surface area (Å²) in [5, 5.41) is 12.1. The molecule has 7 nitrogen and oxygen atoms in total. The Morgan fingerprint density at radius 2 is 1.31 bits per heavy atom. The molecule has 3 amide bonds. The van der Waals surface area contributed by atoms with Crippen molar-refractivity contribution in [1.82, 2.24) is 9.80 Å². The van der Waals surface area contributed by atoms with Gasteiger partial charge in [-0.2, -0.15) is 0 Å². The number of hydrogen-bond donors (Lipinski definition) is 2. The number of amides is 3. The van der Waals surface area contributed by atoms with Gasteiger partial charge in [-0.15, -0.1) is 0 Å². The van der Waals surface area contributed by atoms with E-state index in [4.69, 9.17) is 0 Å². The van der Waals surface area contributed by atoms with Crippen LogP contribution in [0.15, 0.2) is 54.6 Å². The van der Waals surface area contributed by atoms with Crippen LogP contribution in [0.25, 0.3) is 0 Å². The molecule has 0 aliphatic carbocycles. The van der Waals surface area contributed by atoms with E-state index >= 15 is 0 Å². The summed E-state index contributed by atoms with van der Waals surface area (Å²) in [4.78, 5) is 39.4. The normalized spacial score (nSPS) is 14.0. The third kappa shape index (κ3) is 3.83. The van der Waals surface area contributed by atoms with Gasteiger partial charge in [-0.25, -0.2) is 9.59 Å². The number of anilines is 1. The molecule has 1 fully saturated rings. The Morgan fingerprint density at radius 1 is 0.769 bits per heavy atom. The Hall–Kier alpha value is -3.35. The molecule has 1 saturated heterocycles. The number of carbonyl (C=O) groups is 3. The van der Waals surface area contributed by atoms with Crippen molar-refractivity contribution in [2.45, 2.75) is 0 Å². The highest BCUT2D eigenvalue weighted by molar-refractivity contribution is 6.04. The predicted molar refractivity (Wildman–Crippen MR) is 96.3 cm³/mol. The summed E-state index contributed by atoms with van der Waals surface area (Å²) < 4.78 is 0. The zero-order valence-electron chi connectivity index (χ0n) is 14.1. The molecular weight excluding hydrogens is 334 g/mol. The van der Waals surface area contributed by atoms with E-state index in [-0.39, 0.29) is 23.1 Å². The molecule has 1 aliphatic rings. The van der Waals surface area contributed by atoms with Gasteiger partial charge in [-0.3, -0.25) is 4.79 Å². The van der Waals surface area contributed by atoms with Crippen LogP contribution in [0.4, 0.5) is 10.5 Å². The van der Waals surface area contributed by atoms with Crippen molar-refractivity contribution < 1.29 is 19.5 Å². The minimum Gasteiger partial charge on any atom is -0.478 e. The highest BCUT2D eigenvalue weighted by Crippen LogP contribution is 2.15. The van der Waals surface area contributed by atoms with Gasteiger partial charge in [0.1, 0.15) is 0 Å². The number of aromatic carboxylic acids is 1. The van der Waals surface area contributed by atoms with Gasteiger partial charge in [0.15, 0.2) is 0 Å². The fourth-order valence-electron chi connectivity index (χ4n) is 2.86. The Balaban J connectivity index is 1.61. The lowest BCUT2D eigenvalue weighted by Crippen LogP contribution is -2.51. The van der Waals surface area contributed by atoms with Crippen LogP contribution in [0.2, 0.25) is 0 Å². The molecular formula is C19H19N3O4. The number of rotatable bonds is 3. The van der Waals surface area contributed by atoms with E-state index < -0.39 is 5.97 Å². The Kier molecular flexibility index (Phi) is 5.17. The molecule has 2 aromatic rings. The molecule has 0 bridgehead atoms. The molecule has 2 N–H and O–H groups in total. The summed E-state index contributed by atoms with van der Waals surface area (Å²) in [5.74, 6) is -1.46. The number of carboxylic acid groups (broad SMARTS) is 1. The predicted octanol–water partition coefficient (Wildman–Crippen LogP) is 2.37. The molecule has 2 aromatic carbocycles. The van der Waals surface area contributed by atoms with Gasteiger partial charge in [0.05, 0.1) is 11.1 Å². The van der Waals surface area contributed by atoms with Crippen molar-refractivity contribution in [2.75, 3.05) is 31.5 Å². The van der Waals surface area contributed by atoms with Crippen LogP contribution in [0.1, 0.15) is 20.7 Å². The first-order valence-electron chi connectivity index (χ1n) is 8.29. The van der Waals surface area contributed by atoms with E-state index in [9.17, 15) is 19.5 Å². The zero-order chi connectivity index (χ0) is 18.5. The Morgan fingerprint density at radius 3 is 1.92 bits per heavy atom. The Bertz CT molecular complexity index is 815. The van der Waals surface area contributed by atoms with Crippen LogP contribution >= 0.6 is 0 Å². The number of nitrogens with zero attached hydrogens (tertiary/aromatic N) is 2. The van der Waals surface area contributed by atoms with E-state index in [1.165, 1.54) is 12.1 Å². The van der Waals surface area contributed by atoms with E-state index in [2.05, 4.69) is 5.32 Å². The van der Waals surface area contributed by atoms with Crippen molar-refractivity contribution in [3.05, 3.63) is 65.7 Å². The highest BCUT2D eigenvalue weighted by Gasteiger charge is 2.27. The van der Waals surface area contributed by atoms with E-state index in [1.807, 2.05) is 18.2 Å². The van der Waals surface area contributed by atoms with Crippen molar-refractivity contribution in [3.63, 3.8) is 0 Å². The van der Waals surface area contributed by atoms with Crippen molar-refractivity contribution in [3.8, 4) is 0 Å². The number of benzene rings is 2. The minimum absolute atomic E-state index is 0.0123. The molecule has 0 radical (unpaired) electrons. The smallest absolute Gasteiger partial charge is 0.336 e. The lowest BCUT2D eigenvalue weighted by molar-refractivity contribution is 0.0642. The SMILES string of the molecule is O=C(O)c1ccccc1C(=O)N1CCN(C(=O)Nc2ccccc2)CC1. The summed E-state index contributed by atoms with van der Waals surface area (Å²) in [6.45, 7) is 1.49. The minimum atomic E-state index is -1.13. The molecule has 0 atom stereocenters. The quantitative estimate of drug-likeness (QED) is 0.886. The van der Waals surface area contributed by atoms with Crippen molar-refractivity contribution in [1.29, 1.82) is 0 Å².